The Labute approximate surface area is 480 Å². The highest BCUT2D eigenvalue weighted by Crippen LogP contribution is 2.62. The molecule has 0 fully saturated rings. The average Bonchev–Trinajstić information content (AvgIpc) is 3.97. The third kappa shape index (κ3) is 6.26. The molecule has 2 heterocycles. The van der Waals surface area contributed by atoms with Crippen molar-refractivity contribution < 1.29 is 0 Å². The van der Waals surface area contributed by atoms with Gasteiger partial charge in [-0.15, -0.1) is 0 Å². The first-order valence-corrected chi connectivity index (χ1v) is 28.9. The number of hydrogen-bond acceptors (Lipinski definition) is 2. The van der Waals surface area contributed by atoms with E-state index in [1.54, 1.807) is 0 Å². The van der Waals surface area contributed by atoms with E-state index in [9.17, 15) is 0 Å². The van der Waals surface area contributed by atoms with Gasteiger partial charge in [-0.05, 0) is 156 Å². The van der Waals surface area contributed by atoms with Gasteiger partial charge in [0, 0.05) is 11.4 Å². The Morgan fingerprint density at radius 1 is 0.305 bits per heavy atom. The summed E-state index contributed by atoms with van der Waals surface area (Å²) in [6.45, 7) is 6.82. The van der Waals surface area contributed by atoms with E-state index in [0.717, 1.165) is 17.1 Å². The van der Waals surface area contributed by atoms with Crippen molar-refractivity contribution in [2.24, 2.45) is 0 Å². The van der Waals surface area contributed by atoms with Crippen molar-refractivity contribution in [3.05, 3.63) is 340 Å². The second-order valence-electron chi connectivity index (χ2n) is 23.2. The van der Waals surface area contributed by atoms with Gasteiger partial charge in [-0.3, -0.25) is 0 Å². The minimum absolute atomic E-state index is 0.127. The highest BCUT2D eigenvalue weighted by Gasteiger charge is 2.51. The molecule has 13 aromatic carbocycles. The Morgan fingerprint density at radius 2 is 0.744 bits per heavy atom. The van der Waals surface area contributed by atoms with E-state index in [2.05, 4.69) is 310 Å². The summed E-state index contributed by atoms with van der Waals surface area (Å²) in [5, 5.41) is 4.90. The number of benzene rings is 13. The van der Waals surface area contributed by atoms with Crippen LogP contribution in [0.4, 0.5) is 34.1 Å². The molecule has 13 aromatic rings. The van der Waals surface area contributed by atoms with E-state index in [-0.39, 0.29) is 6.71 Å². The van der Waals surface area contributed by atoms with Crippen LogP contribution in [0, 0.1) is 20.8 Å². The molecule has 0 saturated carbocycles. The summed E-state index contributed by atoms with van der Waals surface area (Å²) in [5.41, 5.74) is 29.2. The Bertz CT molecular complexity index is 4690. The molecular formula is C79H55BN2. The maximum atomic E-state index is 2.69. The van der Waals surface area contributed by atoms with E-state index in [0.29, 0.717) is 0 Å². The Kier molecular flexibility index (Phi) is 10.0. The van der Waals surface area contributed by atoms with Crippen LogP contribution in [-0.4, -0.2) is 6.71 Å². The van der Waals surface area contributed by atoms with Gasteiger partial charge < -0.3 is 9.80 Å². The van der Waals surface area contributed by atoms with Crippen LogP contribution < -0.4 is 26.2 Å². The number of aryl methyl sites for hydroxylation is 3. The average molecular weight is 1040 g/mol. The van der Waals surface area contributed by atoms with Gasteiger partial charge in [0.15, 0.2) is 0 Å². The Balaban J connectivity index is 1.00. The zero-order valence-electron chi connectivity index (χ0n) is 46.0. The van der Waals surface area contributed by atoms with Crippen molar-refractivity contribution in [3.63, 3.8) is 0 Å². The summed E-state index contributed by atoms with van der Waals surface area (Å²) in [5.74, 6) is 0. The van der Waals surface area contributed by atoms with Crippen LogP contribution in [0.2, 0.25) is 0 Å². The van der Waals surface area contributed by atoms with Gasteiger partial charge in [-0.2, -0.15) is 0 Å². The molecule has 0 radical (unpaired) electrons. The van der Waals surface area contributed by atoms with Crippen LogP contribution in [-0.2, 0) is 10.8 Å². The largest absolute Gasteiger partial charge is 0.307 e. The molecule has 0 unspecified atom stereocenters. The fourth-order valence-electron chi connectivity index (χ4n) is 16.0. The predicted octanol–water partition coefficient (Wildman–Crippen LogP) is 17.7. The van der Waals surface area contributed by atoms with Gasteiger partial charge in [0.1, 0.15) is 0 Å². The van der Waals surface area contributed by atoms with Crippen LogP contribution in [0.15, 0.2) is 279 Å². The van der Waals surface area contributed by atoms with Gasteiger partial charge in [-0.1, -0.05) is 265 Å². The number of nitrogens with zero attached hydrogens (tertiary/aromatic N) is 2. The van der Waals surface area contributed by atoms with Crippen molar-refractivity contribution in [2.45, 2.75) is 31.6 Å². The first-order chi connectivity index (χ1) is 40.4. The molecule has 0 aromatic heterocycles. The van der Waals surface area contributed by atoms with E-state index >= 15 is 0 Å². The summed E-state index contributed by atoms with van der Waals surface area (Å²) in [7, 11) is 0. The number of rotatable bonds is 6. The monoisotopic (exact) mass is 1040 g/mol. The van der Waals surface area contributed by atoms with Crippen molar-refractivity contribution in [1.82, 2.24) is 0 Å². The third-order valence-electron chi connectivity index (χ3n) is 19.0. The molecule has 82 heavy (non-hydrogen) atoms. The summed E-state index contributed by atoms with van der Waals surface area (Å²) in [6.07, 6.45) is 0. The lowest BCUT2D eigenvalue weighted by Gasteiger charge is -2.47. The molecule has 2 aliphatic heterocycles. The minimum Gasteiger partial charge on any atom is -0.307 e. The van der Waals surface area contributed by atoms with Crippen LogP contribution in [0.25, 0.3) is 43.8 Å². The quantitative estimate of drug-likeness (QED) is 0.153. The zero-order chi connectivity index (χ0) is 54.4. The second-order valence-corrected chi connectivity index (χ2v) is 23.2. The SMILES string of the molecule is Cc1cc(C)c(B2c3cc4c(cc3N3c5cc6ccccc6cc5N(c5ccc6c(c5)-c5ccccc5C6(c5ccccc5)c5ccccc5)c5cc6ccccc6c2c53)-c2ccccc2C4(c2ccccc2)c2ccccc2)c(C)c1. The Morgan fingerprint density at radius 3 is 1.30 bits per heavy atom. The van der Waals surface area contributed by atoms with E-state index in [1.165, 1.54) is 138 Å². The lowest BCUT2D eigenvalue weighted by molar-refractivity contribution is 0.768. The maximum Gasteiger partial charge on any atom is 0.248 e. The van der Waals surface area contributed by atoms with Gasteiger partial charge in [0.2, 0.25) is 6.71 Å². The lowest BCUT2D eigenvalue weighted by Crippen LogP contribution is -2.60. The van der Waals surface area contributed by atoms with Crippen molar-refractivity contribution >= 4 is 78.8 Å². The van der Waals surface area contributed by atoms with Crippen LogP contribution in [0.3, 0.4) is 0 Å². The van der Waals surface area contributed by atoms with Gasteiger partial charge in [0.05, 0.1) is 33.6 Å². The van der Waals surface area contributed by atoms with E-state index in [1.807, 2.05) is 0 Å². The predicted molar refractivity (Wildman–Crippen MR) is 344 cm³/mol. The number of fused-ring (bicyclic) bond motifs is 13. The molecule has 384 valence electrons. The molecule has 4 aliphatic rings. The summed E-state index contributed by atoms with van der Waals surface area (Å²) < 4.78 is 0. The molecule has 0 bridgehead atoms. The Hall–Kier alpha value is -9.96. The van der Waals surface area contributed by atoms with Crippen LogP contribution in [0.1, 0.15) is 61.2 Å². The first kappa shape index (κ1) is 46.9. The number of hydrogen-bond donors (Lipinski definition) is 0. The molecule has 2 aliphatic carbocycles. The van der Waals surface area contributed by atoms with Crippen molar-refractivity contribution in [2.75, 3.05) is 9.80 Å². The van der Waals surface area contributed by atoms with Crippen molar-refractivity contribution in [3.8, 4) is 22.3 Å². The van der Waals surface area contributed by atoms with E-state index in [4.69, 9.17) is 0 Å². The minimum atomic E-state index is -0.576. The molecule has 3 heteroatoms. The fraction of sp³-hybridized carbons (Fsp3) is 0.0633. The van der Waals surface area contributed by atoms with Gasteiger partial charge >= 0.3 is 0 Å². The molecule has 0 spiro atoms. The van der Waals surface area contributed by atoms with Gasteiger partial charge in [-0.25, -0.2) is 0 Å². The maximum absolute atomic E-state index is 2.69. The van der Waals surface area contributed by atoms with E-state index < -0.39 is 10.8 Å². The normalized spacial score (nSPS) is 14.4. The van der Waals surface area contributed by atoms with Gasteiger partial charge in [0.25, 0.3) is 0 Å². The lowest BCUT2D eigenvalue weighted by atomic mass is 9.33. The molecule has 0 amide bonds. The molecule has 0 saturated heterocycles. The smallest absolute Gasteiger partial charge is 0.248 e. The van der Waals surface area contributed by atoms with Crippen LogP contribution >= 0.6 is 0 Å². The topological polar surface area (TPSA) is 6.48 Å². The first-order valence-electron chi connectivity index (χ1n) is 28.9. The summed E-state index contributed by atoms with van der Waals surface area (Å²) in [6, 6.07) is 106. The van der Waals surface area contributed by atoms with Crippen molar-refractivity contribution in [1.29, 1.82) is 0 Å². The molecular weight excluding hydrogens is 988 g/mol. The highest BCUT2D eigenvalue weighted by atomic mass is 15.3. The molecule has 0 atom stereocenters. The molecule has 2 nitrogen and oxygen atoms in total. The summed E-state index contributed by atoms with van der Waals surface area (Å²) in [4.78, 5) is 5.30. The molecule has 17 rings (SSSR count). The zero-order valence-corrected chi connectivity index (χ0v) is 46.0. The third-order valence-corrected chi connectivity index (χ3v) is 19.0. The van der Waals surface area contributed by atoms with Crippen LogP contribution in [0.5, 0.6) is 0 Å². The second kappa shape index (κ2) is 17.5. The fourth-order valence-corrected chi connectivity index (χ4v) is 16.0. The summed E-state index contributed by atoms with van der Waals surface area (Å²) >= 11 is 0. The highest BCUT2D eigenvalue weighted by molar-refractivity contribution is 7.00. The standard InChI is InChI=1S/C79H55BN2/c1-50-42-51(2)75(52(3)43-50)80-70-49-69-65(63-37-21-23-39-67(63)79(69,58-31-12-6-13-32-58)59-33-14-7-15-34-59)48-71(70)82-73-45-54-25-17-16-24-53(54)44-72(73)81(74-46-55-26-18-19-35-61(55)76(80)77(74)82)60-40-41-68-64(47-60)62-36-20-22-38-66(62)78(68,56-27-8-4-9-28-56)57-29-10-5-11-30-57/h4-49H,1-3H3. The molecule has 0 N–H and O–H groups in total. The number of anilines is 6.